The van der Waals surface area contributed by atoms with Crippen LogP contribution in [0.5, 0.6) is 0 Å². The highest BCUT2D eigenvalue weighted by Gasteiger charge is 2.29. The van der Waals surface area contributed by atoms with Crippen molar-refractivity contribution >= 4 is 40.4 Å². The predicted octanol–water partition coefficient (Wildman–Crippen LogP) is 2.47. The number of nitrogens with zero attached hydrogens (tertiary/aromatic N) is 6. The van der Waals surface area contributed by atoms with Crippen molar-refractivity contribution in [1.29, 1.82) is 0 Å². The van der Waals surface area contributed by atoms with Gasteiger partial charge >= 0.3 is 6.09 Å². The lowest BCUT2D eigenvalue weighted by atomic mass is 9.96. The van der Waals surface area contributed by atoms with Gasteiger partial charge in [0.05, 0.1) is 6.61 Å². The Morgan fingerprint density at radius 1 is 1.05 bits per heavy atom. The van der Waals surface area contributed by atoms with Gasteiger partial charge in [-0.05, 0) is 48.7 Å². The first-order valence-electron chi connectivity index (χ1n) is 13.8. The van der Waals surface area contributed by atoms with Crippen molar-refractivity contribution in [2.75, 3.05) is 69.8 Å². The van der Waals surface area contributed by atoms with Gasteiger partial charge in [0.2, 0.25) is 11.9 Å². The predicted molar refractivity (Wildman–Crippen MR) is 155 cm³/mol. The van der Waals surface area contributed by atoms with E-state index in [0.717, 1.165) is 23.2 Å². The van der Waals surface area contributed by atoms with Crippen LogP contribution in [0, 0.1) is 5.92 Å². The molecule has 0 saturated carbocycles. The summed E-state index contributed by atoms with van der Waals surface area (Å²) in [6.07, 6.45) is 3.51. The van der Waals surface area contributed by atoms with Crippen molar-refractivity contribution < 1.29 is 19.1 Å². The van der Waals surface area contributed by atoms with Gasteiger partial charge in [0, 0.05) is 81.9 Å². The lowest BCUT2D eigenvalue weighted by Crippen LogP contribution is -2.49. The van der Waals surface area contributed by atoms with Crippen LogP contribution in [0.2, 0.25) is 0 Å². The number of amides is 2. The standard InChI is InChI=1S/C29H35N7O5/c1-3-25(37)35-19-21(20-35)10-11-36-26(38)9-4-22-18-30-28(32-27(22)36)31-23-5-7-24(8-6-23)33-12-14-34(15-13-33)29(39)41-17-16-40-2/h3-9,18,21H,1,10-17,19-20H2,2H3,(H,30,31,32). The fourth-order valence-corrected chi connectivity index (χ4v) is 5.06. The number of likely N-dealkylation sites (tertiary alicyclic amines) is 1. The number of carbonyl (C=O) groups excluding carboxylic acids is 2. The van der Waals surface area contributed by atoms with Crippen LogP contribution in [-0.4, -0.2) is 95.9 Å². The molecule has 2 aliphatic heterocycles. The van der Waals surface area contributed by atoms with Crippen molar-refractivity contribution in [2.24, 2.45) is 5.92 Å². The summed E-state index contributed by atoms with van der Waals surface area (Å²) in [7, 11) is 1.57. The number of carbonyl (C=O) groups is 2. The number of aromatic nitrogens is 3. The molecule has 12 heteroatoms. The second-order valence-corrected chi connectivity index (χ2v) is 10.2. The van der Waals surface area contributed by atoms with Crippen molar-refractivity contribution in [3.05, 3.63) is 65.6 Å². The number of nitrogens with one attached hydrogen (secondary N) is 1. The number of hydrogen-bond acceptors (Lipinski definition) is 9. The Kier molecular flexibility index (Phi) is 8.78. The molecule has 1 aromatic carbocycles. The zero-order valence-corrected chi connectivity index (χ0v) is 23.2. The number of piperazine rings is 1. The minimum Gasteiger partial charge on any atom is -0.447 e. The summed E-state index contributed by atoms with van der Waals surface area (Å²) in [5.41, 5.74) is 2.33. The number of pyridine rings is 1. The van der Waals surface area contributed by atoms with Crippen molar-refractivity contribution in [1.82, 2.24) is 24.3 Å². The van der Waals surface area contributed by atoms with Crippen LogP contribution < -0.4 is 15.8 Å². The van der Waals surface area contributed by atoms with E-state index in [1.807, 2.05) is 24.3 Å². The van der Waals surface area contributed by atoms with E-state index in [2.05, 4.69) is 26.8 Å². The Morgan fingerprint density at radius 3 is 2.51 bits per heavy atom. The number of rotatable bonds is 10. The highest BCUT2D eigenvalue weighted by Crippen LogP contribution is 2.23. The molecule has 2 aliphatic rings. The van der Waals surface area contributed by atoms with Gasteiger partial charge in [0.25, 0.3) is 5.56 Å². The minimum atomic E-state index is -0.309. The molecule has 0 bridgehead atoms. The van der Waals surface area contributed by atoms with Gasteiger partial charge in [-0.3, -0.25) is 14.2 Å². The summed E-state index contributed by atoms with van der Waals surface area (Å²) >= 11 is 0. The molecule has 0 unspecified atom stereocenters. The number of aryl methyl sites for hydroxylation is 1. The molecule has 0 radical (unpaired) electrons. The summed E-state index contributed by atoms with van der Waals surface area (Å²) in [4.78, 5) is 51.4. The van der Waals surface area contributed by atoms with E-state index in [4.69, 9.17) is 9.47 Å². The Morgan fingerprint density at radius 2 is 1.80 bits per heavy atom. The van der Waals surface area contributed by atoms with Crippen LogP contribution >= 0.6 is 0 Å². The molecule has 0 atom stereocenters. The third kappa shape index (κ3) is 6.65. The normalized spacial score (nSPS) is 15.5. The molecule has 5 rings (SSSR count). The second kappa shape index (κ2) is 12.8. The number of fused-ring (bicyclic) bond motifs is 1. The quantitative estimate of drug-likeness (QED) is 0.294. The van der Waals surface area contributed by atoms with Crippen LogP contribution in [0.1, 0.15) is 6.42 Å². The van der Waals surface area contributed by atoms with Gasteiger partial charge in [-0.2, -0.15) is 4.98 Å². The van der Waals surface area contributed by atoms with Crippen LogP contribution in [0.25, 0.3) is 11.0 Å². The number of ether oxygens (including phenoxy) is 2. The smallest absolute Gasteiger partial charge is 0.409 e. The van der Waals surface area contributed by atoms with Gasteiger partial charge in [-0.1, -0.05) is 6.58 Å². The molecule has 2 amide bonds. The minimum absolute atomic E-state index is 0.0568. The second-order valence-electron chi connectivity index (χ2n) is 10.2. The summed E-state index contributed by atoms with van der Waals surface area (Å²) in [5.74, 6) is 0.687. The molecule has 1 N–H and O–H groups in total. The first-order chi connectivity index (χ1) is 19.9. The molecule has 2 fully saturated rings. The first kappa shape index (κ1) is 28.1. The van der Waals surface area contributed by atoms with Crippen molar-refractivity contribution in [3.8, 4) is 0 Å². The summed E-state index contributed by atoms with van der Waals surface area (Å²) in [6, 6.07) is 11.2. The number of anilines is 3. The maximum absolute atomic E-state index is 12.7. The van der Waals surface area contributed by atoms with Crippen LogP contribution in [-0.2, 0) is 20.8 Å². The zero-order valence-electron chi connectivity index (χ0n) is 23.2. The Hall–Kier alpha value is -4.45. The van der Waals surface area contributed by atoms with Crippen molar-refractivity contribution in [3.63, 3.8) is 0 Å². The summed E-state index contributed by atoms with van der Waals surface area (Å²) in [5, 5.41) is 4.02. The van der Waals surface area contributed by atoms with Crippen LogP contribution in [0.3, 0.4) is 0 Å². The molecule has 2 saturated heterocycles. The van der Waals surface area contributed by atoms with E-state index in [9.17, 15) is 14.4 Å². The SMILES string of the molecule is C=CC(=O)N1CC(CCn2c(=O)ccc3cnc(Nc4ccc(N5CCN(C(=O)OCCOC)CC5)cc4)nc32)C1. The molecule has 216 valence electrons. The van der Waals surface area contributed by atoms with Gasteiger partial charge in [0.1, 0.15) is 12.3 Å². The van der Waals surface area contributed by atoms with E-state index >= 15 is 0 Å². The lowest BCUT2D eigenvalue weighted by Gasteiger charge is -2.38. The number of methoxy groups -OCH3 is 1. The van der Waals surface area contributed by atoms with Crippen LogP contribution in [0.15, 0.2) is 60.0 Å². The lowest BCUT2D eigenvalue weighted by molar-refractivity contribution is -0.132. The number of hydrogen-bond donors (Lipinski definition) is 1. The maximum Gasteiger partial charge on any atom is 0.409 e. The van der Waals surface area contributed by atoms with E-state index in [0.29, 0.717) is 69.9 Å². The fourth-order valence-electron chi connectivity index (χ4n) is 5.06. The molecular weight excluding hydrogens is 526 g/mol. The average Bonchev–Trinajstić information content (AvgIpc) is 2.97. The van der Waals surface area contributed by atoms with E-state index in [1.54, 1.807) is 33.7 Å². The van der Waals surface area contributed by atoms with Gasteiger partial charge in [0.15, 0.2) is 0 Å². The van der Waals surface area contributed by atoms with Crippen LogP contribution in [0.4, 0.5) is 22.1 Å². The summed E-state index contributed by atoms with van der Waals surface area (Å²) in [6.45, 7) is 8.64. The van der Waals surface area contributed by atoms with Gasteiger partial charge < -0.3 is 29.5 Å². The highest BCUT2D eigenvalue weighted by atomic mass is 16.6. The average molecular weight is 562 g/mol. The molecule has 2 aromatic heterocycles. The molecule has 3 aromatic rings. The monoisotopic (exact) mass is 561 g/mol. The topological polar surface area (TPSA) is 122 Å². The fraction of sp³-hybridized carbons (Fsp3) is 0.414. The molecule has 0 aliphatic carbocycles. The molecule has 12 nitrogen and oxygen atoms in total. The van der Waals surface area contributed by atoms with E-state index in [-0.39, 0.29) is 24.2 Å². The molecule has 0 spiro atoms. The van der Waals surface area contributed by atoms with E-state index in [1.165, 1.54) is 12.1 Å². The third-order valence-electron chi connectivity index (χ3n) is 7.47. The largest absolute Gasteiger partial charge is 0.447 e. The number of benzene rings is 1. The zero-order chi connectivity index (χ0) is 28.8. The van der Waals surface area contributed by atoms with Crippen molar-refractivity contribution in [2.45, 2.75) is 13.0 Å². The van der Waals surface area contributed by atoms with Gasteiger partial charge in [-0.25, -0.2) is 9.78 Å². The van der Waals surface area contributed by atoms with Gasteiger partial charge in [-0.15, -0.1) is 0 Å². The Labute approximate surface area is 238 Å². The molecule has 4 heterocycles. The van der Waals surface area contributed by atoms with E-state index < -0.39 is 0 Å². The third-order valence-corrected chi connectivity index (χ3v) is 7.47. The Bertz CT molecular complexity index is 1440. The summed E-state index contributed by atoms with van der Waals surface area (Å²) < 4.78 is 11.8. The highest BCUT2D eigenvalue weighted by molar-refractivity contribution is 5.87. The maximum atomic E-state index is 12.7. The molecular formula is C29H35N7O5. The first-order valence-corrected chi connectivity index (χ1v) is 13.8. The molecule has 41 heavy (non-hydrogen) atoms. The Balaban J connectivity index is 1.19.